The molecule has 0 unspecified atom stereocenters. The summed E-state index contributed by atoms with van der Waals surface area (Å²) in [6.07, 6.45) is 4.62. The van der Waals surface area contributed by atoms with Gasteiger partial charge in [0.2, 0.25) is 0 Å². The Bertz CT molecular complexity index is 446. The molecule has 0 saturated carbocycles. The van der Waals surface area contributed by atoms with Crippen LogP contribution in [0, 0.1) is 0 Å². The van der Waals surface area contributed by atoms with Crippen LogP contribution >= 0.6 is 0 Å². The molecule has 0 radical (unpaired) electrons. The Labute approximate surface area is 111 Å². The van der Waals surface area contributed by atoms with Gasteiger partial charge in [-0.3, -0.25) is 0 Å². The first-order valence-corrected chi connectivity index (χ1v) is 6.33. The lowest BCUT2D eigenvalue weighted by atomic mass is 10.2. The van der Waals surface area contributed by atoms with Gasteiger partial charge in [0.05, 0.1) is 6.33 Å². The number of hydrogen-bond acceptors (Lipinski definition) is 5. The van der Waals surface area contributed by atoms with Crippen molar-refractivity contribution >= 4 is 12.1 Å². The van der Waals surface area contributed by atoms with Gasteiger partial charge >= 0.3 is 12.1 Å². The van der Waals surface area contributed by atoms with Crippen LogP contribution in [-0.2, 0) is 16.0 Å². The summed E-state index contributed by atoms with van der Waals surface area (Å²) in [6, 6.07) is -0.758. The molecule has 2 rings (SSSR count). The molecule has 1 aliphatic rings. The minimum Gasteiger partial charge on any atom is -0.375 e. The molecule has 1 fully saturated rings. The van der Waals surface area contributed by atoms with Crippen molar-refractivity contribution in [2.75, 3.05) is 6.54 Å². The van der Waals surface area contributed by atoms with Crippen molar-refractivity contribution in [1.29, 1.82) is 0 Å². The molecule has 2 heterocycles. The first-order chi connectivity index (χ1) is 9.08. The van der Waals surface area contributed by atoms with Crippen LogP contribution in [0.3, 0.4) is 0 Å². The zero-order valence-electron chi connectivity index (χ0n) is 10.8. The monoisotopic (exact) mass is 266 g/mol. The van der Waals surface area contributed by atoms with Crippen molar-refractivity contribution in [3.8, 4) is 0 Å². The van der Waals surface area contributed by atoms with E-state index in [4.69, 9.17) is 10.5 Å². The highest BCUT2D eigenvalue weighted by Crippen LogP contribution is 2.17. The molecule has 104 valence electrons. The fourth-order valence-corrected chi connectivity index (χ4v) is 2.14. The molecular weight excluding hydrogens is 248 g/mol. The van der Waals surface area contributed by atoms with E-state index < -0.39 is 18.1 Å². The van der Waals surface area contributed by atoms with Crippen LogP contribution in [0.5, 0.6) is 0 Å². The third kappa shape index (κ3) is 3.31. The molecular formula is C12H18N4O3. The summed E-state index contributed by atoms with van der Waals surface area (Å²) in [5.74, 6) is -0.710. The molecule has 2 atom stereocenters. The third-order valence-corrected chi connectivity index (χ3v) is 3.27. The van der Waals surface area contributed by atoms with E-state index in [0.717, 1.165) is 18.5 Å². The quantitative estimate of drug-likeness (QED) is 0.610. The van der Waals surface area contributed by atoms with E-state index in [-0.39, 0.29) is 12.5 Å². The second kappa shape index (κ2) is 5.83. The molecule has 3 N–H and O–H groups in total. The Morgan fingerprint density at radius 2 is 2.47 bits per heavy atom. The van der Waals surface area contributed by atoms with E-state index in [1.54, 1.807) is 11.1 Å². The molecule has 7 heteroatoms. The van der Waals surface area contributed by atoms with Crippen LogP contribution < -0.4 is 5.73 Å². The second-order valence-electron chi connectivity index (χ2n) is 4.76. The lowest BCUT2D eigenvalue weighted by Gasteiger charge is -2.20. The molecule has 1 aromatic rings. The third-order valence-electron chi connectivity index (χ3n) is 3.27. The summed E-state index contributed by atoms with van der Waals surface area (Å²) < 4.78 is 4.80. The molecule has 0 bridgehead atoms. The number of nitrogens with zero attached hydrogens (tertiary/aromatic N) is 2. The van der Waals surface area contributed by atoms with Gasteiger partial charge in [0.1, 0.15) is 6.04 Å². The standard InChI is InChI=1S/C12H18N4O3/c1-8-3-2-4-16(8)12(18)19-11(17)10(13)5-9-6-14-7-15-9/h6-8,10H,2-5,13H2,1H3,(H,14,15)/t8-,10+/m1/s1. The molecule has 0 aliphatic carbocycles. The Kier molecular flexibility index (Phi) is 4.16. The molecule has 1 aromatic heterocycles. The van der Waals surface area contributed by atoms with Crippen LogP contribution in [0.1, 0.15) is 25.5 Å². The lowest BCUT2D eigenvalue weighted by molar-refractivity contribution is -0.139. The minimum atomic E-state index is -0.873. The number of imidazole rings is 1. The number of ether oxygens (including phenoxy) is 1. The van der Waals surface area contributed by atoms with Crippen molar-refractivity contribution in [3.05, 3.63) is 18.2 Å². The number of aromatic nitrogens is 2. The minimum absolute atomic E-state index is 0.115. The molecule has 1 amide bonds. The van der Waals surface area contributed by atoms with Gasteiger partial charge in [0.25, 0.3) is 0 Å². The van der Waals surface area contributed by atoms with Crippen molar-refractivity contribution in [2.24, 2.45) is 5.73 Å². The summed E-state index contributed by atoms with van der Waals surface area (Å²) in [5.41, 5.74) is 6.43. The van der Waals surface area contributed by atoms with Crippen LogP contribution in [0.25, 0.3) is 0 Å². The molecule has 1 aliphatic heterocycles. The van der Waals surface area contributed by atoms with Crippen molar-refractivity contribution in [1.82, 2.24) is 14.9 Å². The van der Waals surface area contributed by atoms with Gasteiger partial charge in [0.15, 0.2) is 0 Å². The van der Waals surface area contributed by atoms with E-state index in [9.17, 15) is 9.59 Å². The summed E-state index contributed by atoms with van der Waals surface area (Å²) in [5, 5.41) is 0. The highest BCUT2D eigenvalue weighted by molar-refractivity contribution is 5.87. The van der Waals surface area contributed by atoms with E-state index in [2.05, 4.69) is 9.97 Å². The maximum absolute atomic E-state index is 11.8. The molecule has 7 nitrogen and oxygen atoms in total. The zero-order valence-corrected chi connectivity index (χ0v) is 10.8. The van der Waals surface area contributed by atoms with E-state index >= 15 is 0 Å². The Morgan fingerprint density at radius 1 is 1.68 bits per heavy atom. The maximum atomic E-state index is 11.8. The predicted octanol–water partition coefficient (Wildman–Crippen LogP) is 0.427. The van der Waals surface area contributed by atoms with Crippen molar-refractivity contribution in [2.45, 2.75) is 38.3 Å². The van der Waals surface area contributed by atoms with Crippen LogP contribution in [-0.4, -0.2) is 45.6 Å². The SMILES string of the molecule is C[C@@H]1CCCN1C(=O)OC(=O)[C@@H](N)Cc1cnc[nH]1. The predicted molar refractivity (Wildman–Crippen MR) is 67.2 cm³/mol. The van der Waals surface area contributed by atoms with Crippen LogP contribution in [0.15, 0.2) is 12.5 Å². The smallest absolute Gasteiger partial charge is 0.375 e. The number of carbonyl (C=O) groups excluding carboxylic acids is 2. The Morgan fingerprint density at radius 3 is 3.05 bits per heavy atom. The van der Waals surface area contributed by atoms with Gasteiger partial charge < -0.3 is 20.4 Å². The summed E-state index contributed by atoms with van der Waals surface area (Å²) in [6.45, 7) is 2.56. The number of H-pyrrole nitrogens is 1. The number of likely N-dealkylation sites (tertiary alicyclic amines) is 1. The van der Waals surface area contributed by atoms with Gasteiger partial charge in [-0.1, -0.05) is 0 Å². The number of nitrogens with one attached hydrogen (secondary N) is 1. The molecule has 0 spiro atoms. The van der Waals surface area contributed by atoms with Crippen molar-refractivity contribution in [3.63, 3.8) is 0 Å². The number of rotatable bonds is 3. The van der Waals surface area contributed by atoms with E-state index in [0.29, 0.717) is 6.54 Å². The average Bonchev–Trinajstić information content (AvgIpc) is 3.00. The van der Waals surface area contributed by atoms with Crippen LogP contribution in [0.2, 0.25) is 0 Å². The fourth-order valence-electron chi connectivity index (χ4n) is 2.14. The van der Waals surface area contributed by atoms with Gasteiger partial charge in [-0.15, -0.1) is 0 Å². The number of nitrogens with two attached hydrogens (primary N) is 1. The second-order valence-corrected chi connectivity index (χ2v) is 4.76. The van der Waals surface area contributed by atoms with Gasteiger partial charge in [-0.25, -0.2) is 14.6 Å². The number of aromatic amines is 1. The summed E-state index contributed by atoms with van der Waals surface area (Å²) in [4.78, 5) is 31.7. The Hall–Kier alpha value is -1.89. The average molecular weight is 266 g/mol. The first kappa shape index (κ1) is 13.5. The van der Waals surface area contributed by atoms with Crippen LogP contribution in [0.4, 0.5) is 4.79 Å². The first-order valence-electron chi connectivity index (χ1n) is 6.33. The van der Waals surface area contributed by atoms with Gasteiger partial charge in [0, 0.05) is 30.9 Å². The number of amides is 1. The van der Waals surface area contributed by atoms with Gasteiger partial charge in [-0.2, -0.15) is 0 Å². The molecule has 1 saturated heterocycles. The highest BCUT2D eigenvalue weighted by Gasteiger charge is 2.29. The summed E-state index contributed by atoms with van der Waals surface area (Å²) in [7, 11) is 0. The molecule has 0 aromatic carbocycles. The largest absolute Gasteiger partial charge is 0.417 e. The normalized spacial score (nSPS) is 20.3. The zero-order chi connectivity index (χ0) is 13.8. The maximum Gasteiger partial charge on any atom is 0.417 e. The molecule has 19 heavy (non-hydrogen) atoms. The number of carbonyl (C=O) groups is 2. The lowest BCUT2D eigenvalue weighted by Crippen LogP contribution is -2.41. The van der Waals surface area contributed by atoms with Gasteiger partial charge in [-0.05, 0) is 19.8 Å². The van der Waals surface area contributed by atoms with E-state index in [1.165, 1.54) is 6.33 Å². The topological polar surface area (TPSA) is 101 Å². The Balaban J connectivity index is 1.84. The number of hydrogen-bond donors (Lipinski definition) is 2. The summed E-state index contributed by atoms with van der Waals surface area (Å²) >= 11 is 0. The number of esters is 1. The fraction of sp³-hybridized carbons (Fsp3) is 0.583. The van der Waals surface area contributed by atoms with Crippen molar-refractivity contribution < 1.29 is 14.3 Å². The highest BCUT2D eigenvalue weighted by atomic mass is 16.6. The van der Waals surface area contributed by atoms with E-state index in [1.807, 2.05) is 6.92 Å².